The average Bonchev–Trinajstić information content (AvgIpc) is 2.70. The Labute approximate surface area is 176 Å². The van der Waals surface area contributed by atoms with Crippen molar-refractivity contribution < 1.29 is 13.2 Å². The predicted octanol–water partition coefficient (Wildman–Crippen LogP) is 0.816. The first kappa shape index (κ1) is 21.5. The first-order chi connectivity index (χ1) is 14.2. The smallest absolute Gasteiger partial charge is 0.328 e. The highest BCUT2D eigenvalue weighted by molar-refractivity contribution is 7.89. The van der Waals surface area contributed by atoms with Gasteiger partial charge < -0.3 is 10.3 Å². The van der Waals surface area contributed by atoms with E-state index in [0.29, 0.717) is 16.1 Å². The Hall–Kier alpha value is -3.21. The van der Waals surface area contributed by atoms with Gasteiger partial charge in [0, 0.05) is 17.8 Å². The lowest BCUT2D eigenvalue weighted by Crippen LogP contribution is -2.40. The maximum Gasteiger partial charge on any atom is 0.328 e. The molecule has 3 rings (SSSR count). The predicted molar refractivity (Wildman–Crippen MR) is 111 cm³/mol. The summed E-state index contributed by atoms with van der Waals surface area (Å²) >= 11 is 6.09. The molecule has 1 aromatic heterocycles. The van der Waals surface area contributed by atoms with Gasteiger partial charge in [-0.2, -0.15) is 0 Å². The number of rotatable bonds is 6. The first-order valence-corrected chi connectivity index (χ1v) is 10.5. The third-order valence-corrected chi connectivity index (χ3v) is 5.59. The number of primary sulfonamides is 1. The zero-order valence-electron chi connectivity index (χ0n) is 15.5. The fourth-order valence-corrected chi connectivity index (χ4v) is 3.40. The fourth-order valence-electron chi connectivity index (χ4n) is 2.69. The van der Waals surface area contributed by atoms with Gasteiger partial charge >= 0.3 is 5.69 Å². The van der Waals surface area contributed by atoms with Crippen LogP contribution in [-0.2, 0) is 23.1 Å². The van der Waals surface area contributed by atoms with Crippen LogP contribution in [0, 0.1) is 0 Å². The van der Waals surface area contributed by atoms with Crippen LogP contribution in [0.15, 0.2) is 69.2 Å². The molecule has 0 atom stereocenters. The number of hydrogen-bond donors (Lipinski definition) is 3. The number of nitrogens with one attached hydrogen (secondary N) is 2. The van der Waals surface area contributed by atoms with Crippen molar-refractivity contribution in [3.8, 4) is 0 Å². The molecule has 0 unspecified atom stereocenters. The van der Waals surface area contributed by atoms with E-state index < -0.39 is 27.2 Å². The standard InChI is InChI=1S/C19H17ClN4O5S/c20-16-4-2-1-3-13(16)11-24-18(26)15(10-23-19(24)27)17(25)22-9-12-5-7-14(8-6-12)30(21,28)29/h1-8,10H,9,11H2,(H,22,25)(H,23,27)(H2,21,28,29). The molecule has 11 heteroatoms. The topological polar surface area (TPSA) is 144 Å². The zero-order chi connectivity index (χ0) is 21.9. The third-order valence-electron chi connectivity index (χ3n) is 4.30. The number of amides is 1. The molecule has 1 heterocycles. The normalized spacial score (nSPS) is 11.3. The van der Waals surface area contributed by atoms with Gasteiger partial charge in [-0.15, -0.1) is 0 Å². The Morgan fingerprint density at radius 2 is 1.77 bits per heavy atom. The van der Waals surface area contributed by atoms with E-state index in [1.165, 1.54) is 24.3 Å². The number of hydrogen-bond acceptors (Lipinski definition) is 5. The van der Waals surface area contributed by atoms with Crippen molar-refractivity contribution in [2.45, 2.75) is 18.0 Å². The molecular weight excluding hydrogens is 432 g/mol. The monoisotopic (exact) mass is 448 g/mol. The maximum absolute atomic E-state index is 12.7. The molecule has 1 amide bonds. The van der Waals surface area contributed by atoms with E-state index in [1.807, 2.05) is 0 Å². The van der Waals surface area contributed by atoms with E-state index in [0.717, 1.165) is 10.8 Å². The summed E-state index contributed by atoms with van der Waals surface area (Å²) in [5, 5.41) is 7.99. The van der Waals surface area contributed by atoms with E-state index >= 15 is 0 Å². The summed E-state index contributed by atoms with van der Waals surface area (Å²) in [5.41, 5.74) is -0.533. The Morgan fingerprint density at radius 3 is 2.40 bits per heavy atom. The van der Waals surface area contributed by atoms with Crippen LogP contribution in [0.2, 0.25) is 5.02 Å². The van der Waals surface area contributed by atoms with Gasteiger partial charge in [0.05, 0.1) is 11.4 Å². The number of carbonyl (C=O) groups excluding carboxylic acids is 1. The summed E-state index contributed by atoms with van der Waals surface area (Å²) in [4.78, 5) is 39.5. The van der Waals surface area contributed by atoms with Crippen molar-refractivity contribution in [2.24, 2.45) is 5.14 Å². The van der Waals surface area contributed by atoms with Gasteiger partial charge in [0.1, 0.15) is 5.56 Å². The highest BCUT2D eigenvalue weighted by Crippen LogP contribution is 2.15. The number of aromatic amines is 1. The molecule has 30 heavy (non-hydrogen) atoms. The van der Waals surface area contributed by atoms with Gasteiger partial charge in [0.2, 0.25) is 10.0 Å². The van der Waals surface area contributed by atoms with Gasteiger partial charge in [-0.3, -0.25) is 14.2 Å². The number of aromatic nitrogens is 2. The Bertz CT molecular complexity index is 1310. The highest BCUT2D eigenvalue weighted by Gasteiger charge is 2.16. The number of nitrogens with zero attached hydrogens (tertiary/aromatic N) is 1. The number of carbonyl (C=O) groups is 1. The van der Waals surface area contributed by atoms with E-state index in [-0.39, 0.29) is 23.5 Å². The molecule has 3 aromatic rings. The van der Waals surface area contributed by atoms with Crippen molar-refractivity contribution in [3.05, 3.63) is 97.3 Å². The minimum atomic E-state index is -3.81. The van der Waals surface area contributed by atoms with Crippen LogP contribution in [0.5, 0.6) is 0 Å². The average molecular weight is 449 g/mol. The molecule has 0 bridgehead atoms. The van der Waals surface area contributed by atoms with Crippen molar-refractivity contribution in [2.75, 3.05) is 0 Å². The second-order valence-corrected chi connectivity index (χ2v) is 8.33. The molecule has 4 N–H and O–H groups in total. The number of benzene rings is 2. The first-order valence-electron chi connectivity index (χ1n) is 8.62. The highest BCUT2D eigenvalue weighted by atomic mass is 35.5. The maximum atomic E-state index is 12.7. The van der Waals surface area contributed by atoms with Crippen molar-refractivity contribution in [1.29, 1.82) is 0 Å². The van der Waals surface area contributed by atoms with Gasteiger partial charge in [0.15, 0.2) is 0 Å². The third kappa shape index (κ3) is 4.85. The quantitative estimate of drug-likeness (QED) is 0.511. The molecule has 0 aliphatic heterocycles. The van der Waals surface area contributed by atoms with Crippen LogP contribution in [0.4, 0.5) is 0 Å². The molecule has 9 nitrogen and oxygen atoms in total. The molecule has 0 aliphatic rings. The molecule has 0 radical (unpaired) electrons. The lowest BCUT2D eigenvalue weighted by Gasteiger charge is -2.09. The van der Waals surface area contributed by atoms with Gasteiger partial charge in [-0.1, -0.05) is 41.9 Å². The molecule has 0 aliphatic carbocycles. The summed E-state index contributed by atoms with van der Waals surface area (Å²) in [7, 11) is -3.81. The van der Waals surface area contributed by atoms with Crippen LogP contribution in [0.3, 0.4) is 0 Å². The van der Waals surface area contributed by atoms with E-state index in [4.69, 9.17) is 16.7 Å². The second kappa shape index (κ2) is 8.66. The van der Waals surface area contributed by atoms with E-state index in [9.17, 15) is 22.8 Å². The van der Waals surface area contributed by atoms with Gasteiger partial charge in [-0.25, -0.2) is 18.4 Å². The summed E-state index contributed by atoms with van der Waals surface area (Å²) in [6.07, 6.45) is 1.05. The minimum Gasteiger partial charge on any atom is -0.348 e. The number of halogens is 1. The van der Waals surface area contributed by atoms with Crippen molar-refractivity contribution >= 4 is 27.5 Å². The van der Waals surface area contributed by atoms with Crippen LogP contribution in [0.25, 0.3) is 0 Å². The zero-order valence-corrected chi connectivity index (χ0v) is 17.0. The molecule has 0 fully saturated rings. The summed E-state index contributed by atoms with van der Waals surface area (Å²) in [6.45, 7) is -0.0587. The number of nitrogens with two attached hydrogens (primary N) is 1. The second-order valence-electron chi connectivity index (χ2n) is 6.36. The minimum absolute atomic E-state index is 0.0345. The van der Waals surface area contributed by atoms with Gasteiger partial charge in [0.25, 0.3) is 11.5 Å². The lowest BCUT2D eigenvalue weighted by atomic mass is 10.2. The Balaban J connectivity index is 1.79. The van der Waals surface area contributed by atoms with Gasteiger partial charge in [-0.05, 0) is 29.3 Å². The van der Waals surface area contributed by atoms with E-state index in [2.05, 4.69) is 10.3 Å². The van der Waals surface area contributed by atoms with Crippen LogP contribution < -0.4 is 21.7 Å². The summed E-state index contributed by atoms with van der Waals surface area (Å²) < 4.78 is 23.4. The van der Waals surface area contributed by atoms with E-state index in [1.54, 1.807) is 24.3 Å². The number of H-pyrrole nitrogens is 1. The fraction of sp³-hybridized carbons (Fsp3) is 0.105. The Kier molecular flexibility index (Phi) is 6.20. The lowest BCUT2D eigenvalue weighted by molar-refractivity contribution is 0.0948. The van der Waals surface area contributed by atoms with Crippen LogP contribution >= 0.6 is 11.6 Å². The summed E-state index contributed by atoms with van der Waals surface area (Å²) in [6, 6.07) is 12.3. The van der Waals surface area contributed by atoms with Crippen molar-refractivity contribution in [1.82, 2.24) is 14.9 Å². The SMILES string of the molecule is NS(=O)(=O)c1ccc(CNC(=O)c2c[nH]c(=O)n(Cc3ccccc3Cl)c2=O)cc1. The number of sulfonamides is 1. The Morgan fingerprint density at radius 1 is 1.10 bits per heavy atom. The molecule has 156 valence electrons. The molecule has 0 spiro atoms. The molecule has 0 saturated carbocycles. The van der Waals surface area contributed by atoms with Crippen molar-refractivity contribution in [3.63, 3.8) is 0 Å². The summed E-state index contributed by atoms with van der Waals surface area (Å²) in [5.74, 6) is -0.695. The van der Waals surface area contributed by atoms with Crippen LogP contribution in [0.1, 0.15) is 21.5 Å². The molecule has 0 saturated heterocycles. The van der Waals surface area contributed by atoms with Crippen LogP contribution in [-0.4, -0.2) is 23.9 Å². The molecular formula is C19H17ClN4O5S. The largest absolute Gasteiger partial charge is 0.348 e. The molecule has 2 aromatic carbocycles.